The Kier molecular flexibility index (Phi) is 3.11. The van der Waals surface area contributed by atoms with Gasteiger partial charge in [-0.1, -0.05) is 0 Å². The molecule has 0 bridgehead atoms. The lowest BCUT2D eigenvalue weighted by atomic mass is 10.3. The summed E-state index contributed by atoms with van der Waals surface area (Å²) in [6, 6.07) is 16.2. The van der Waals surface area contributed by atoms with Gasteiger partial charge in [0.25, 0.3) is 0 Å². The van der Waals surface area contributed by atoms with Gasteiger partial charge < -0.3 is 11.5 Å². The molecule has 0 amide bonds. The molecular formula is C12H12IN2+. The van der Waals surface area contributed by atoms with Crippen LogP contribution in [0.3, 0.4) is 0 Å². The zero-order valence-corrected chi connectivity index (χ0v) is 10.3. The number of hydrogen-bond acceptors (Lipinski definition) is 2. The topological polar surface area (TPSA) is 52.0 Å². The number of nitrogen functional groups attached to an aromatic ring is 2. The minimum Gasteiger partial charge on any atom is -0.399 e. The minimum atomic E-state index is -0.108. The minimum absolute atomic E-state index is 0.108. The van der Waals surface area contributed by atoms with Gasteiger partial charge in [0.05, 0.1) is 0 Å². The van der Waals surface area contributed by atoms with Gasteiger partial charge in [0, 0.05) is 11.4 Å². The van der Waals surface area contributed by atoms with Gasteiger partial charge in [0.2, 0.25) is 0 Å². The highest BCUT2D eigenvalue weighted by Crippen LogP contribution is 1.99. The van der Waals surface area contributed by atoms with Crippen LogP contribution in [0.4, 0.5) is 11.4 Å². The van der Waals surface area contributed by atoms with Crippen LogP contribution in [0, 0.1) is 7.14 Å². The summed E-state index contributed by atoms with van der Waals surface area (Å²) in [4.78, 5) is 0. The quantitative estimate of drug-likeness (QED) is 0.551. The van der Waals surface area contributed by atoms with Crippen LogP contribution in [0.25, 0.3) is 0 Å². The number of hydrogen-bond donors (Lipinski definition) is 2. The first-order valence-electron chi connectivity index (χ1n) is 4.60. The molecule has 0 heterocycles. The van der Waals surface area contributed by atoms with E-state index in [-0.39, 0.29) is 21.2 Å². The Morgan fingerprint density at radius 3 is 1.27 bits per heavy atom. The van der Waals surface area contributed by atoms with Crippen LogP contribution in [0.5, 0.6) is 0 Å². The number of halogens is 1. The molecule has 0 radical (unpaired) electrons. The van der Waals surface area contributed by atoms with Crippen molar-refractivity contribution in [2.45, 2.75) is 0 Å². The van der Waals surface area contributed by atoms with Crippen molar-refractivity contribution < 1.29 is 21.2 Å². The van der Waals surface area contributed by atoms with Crippen LogP contribution in [-0.4, -0.2) is 0 Å². The maximum Gasteiger partial charge on any atom is 0.357 e. The summed E-state index contributed by atoms with van der Waals surface area (Å²) < 4.78 is 2.74. The highest BCUT2D eigenvalue weighted by molar-refractivity contribution is 5.37. The van der Waals surface area contributed by atoms with Crippen molar-refractivity contribution in [3.63, 3.8) is 0 Å². The normalized spacial score (nSPS) is 10.1. The van der Waals surface area contributed by atoms with Gasteiger partial charge in [-0.15, -0.1) is 0 Å². The summed E-state index contributed by atoms with van der Waals surface area (Å²) in [6.07, 6.45) is 0. The summed E-state index contributed by atoms with van der Waals surface area (Å²) in [5.74, 6) is 0. The zero-order valence-electron chi connectivity index (χ0n) is 8.15. The van der Waals surface area contributed by atoms with Gasteiger partial charge in [-0.3, -0.25) is 0 Å². The Balaban J connectivity index is 2.15. The molecule has 0 aliphatic carbocycles. The van der Waals surface area contributed by atoms with Crippen LogP contribution in [0.1, 0.15) is 0 Å². The molecule has 4 N–H and O–H groups in total. The van der Waals surface area contributed by atoms with E-state index in [9.17, 15) is 0 Å². The lowest BCUT2D eigenvalue weighted by Gasteiger charge is -1.91. The highest BCUT2D eigenvalue weighted by atomic mass is 127. The standard InChI is InChI=1S/C12H12IN2/c14-11-5-1-9(2-6-11)13-10-3-7-12(15)8-4-10/h1-8H,14-15H2/q+1. The first-order valence-corrected chi connectivity index (χ1v) is 6.76. The van der Waals surface area contributed by atoms with Crippen molar-refractivity contribution in [1.82, 2.24) is 0 Å². The maximum atomic E-state index is 5.64. The molecule has 2 aromatic rings. The largest absolute Gasteiger partial charge is 0.399 e. The number of anilines is 2. The molecule has 15 heavy (non-hydrogen) atoms. The first-order chi connectivity index (χ1) is 7.24. The van der Waals surface area contributed by atoms with E-state index in [1.54, 1.807) is 0 Å². The molecule has 0 spiro atoms. The molecule has 0 aromatic heterocycles. The third kappa shape index (κ3) is 2.86. The Morgan fingerprint density at radius 2 is 0.933 bits per heavy atom. The van der Waals surface area contributed by atoms with Crippen molar-refractivity contribution in [2.24, 2.45) is 0 Å². The van der Waals surface area contributed by atoms with Crippen LogP contribution < -0.4 is 32.7 Å². The van der Waals surface area contributed by atoms with Crippen molar-refractivity contribution in [3.05, 3.63) is 55.7 Å². The second-order valence-corrected chi connectivity index (χ2v) is 6.23. The molecule has 2 rings (SSSR count). The lowest BCUT2D eigenvalue weighted by Crippen LogP contribution is -3.61. The van der Waals surface area contributed by atoms with Gasteiger partial charge in [-0.25, -0.2) is 0 Å². The monoisotopic (exact) mass is 311 g/mol. The zero-order chi connectivity index (χ0) is 10.7. The summed E-state index contributed by atoms with van der Waals surface area (Å²) >= 11 is -0.108. The van der Waals surface area contributed by atoms with Gasteiger partial charge in [0.1, 0.15) is 0 Å². The number of nitrogens with two attached hydrogens (primary N) is 2. The predicted molar refractivity (Wildman–Crippen MR) is 59.1 cm³/mol. The SMILES string of the molecule is Nc1ccc([I+]c2ccc(N)cc2)cc1. The van der Waals surface area contributed by atoms with Crippen molar-refractivity contribution in [2.75, 3.05) is 11.5 Å². The van der Waals surface area contributed by atoms with Gasteiger partial charge in [-0.05, 0) is 48.5 Å². The van der Waals surface area contributed by atoms with Crippen molar-refractivity contribution in [3.8, 4) is 0 Å². The molecule has 0 aliphatic rings. The lowest BCUT2D eigenvalue weighted by molar-refractivity contribution is -0.597. The molecule has 2 aromatic carbocycles. The second-order valence-electron chi connectivity index (χ2n) is 3.20. The van der Waals surface area contributed by atoms with E-state index in [1.165, 1.54) is 7.14 Å². The Morgan fingerprint density at radius 1 is 0.600 bits per heavy atom. The first kappa shape index (κ1) is 10.3. The summed E-state index contributed by atoms with van der Waals surface area (Å²) in [5.41, 5.74) is 12.9. The van der Waals surface area contributed by atoms with Crippen LogP contribution >= 0.6 is 0 Å². The van der Waals surface area contributed by atoms with E-state index in [4.69, 9.17) is 11.5 Å². The fraction of sp³-hybridized carbons (Fsp3) is 0. The number of benzene rings is 2. The fourth-order valence-electron chi connectivity index (χ4n) is 1.18. The fourth-order valence-corrected chi connectivity index (χ4v) is 3.34. The maximum absolute atomic E-state index is 5.64. The third-order valence-corrected chi connectivity index (χ3v) is 4.64. The molecular weight excluding hydrogens is 299 g/mol. The van der Waals surface area contributed by atoms with Crippen molar-refractivity contribution >= 4 is 11.4 Å². The molecule has 0 aliphatic heterocycles. The second kappa shape index (κ2) is 4.53. The molecule has 3 heteroatoms. The molecule has 2 nitrogen and oxygen atoms in total. The van der Waals surface area contributed by atoms with E-state index in [0.717, 1.165) is 11.4 Å². The molecule has 0 saturated carbocycles. The summed E-state index contributed by atoms with van der Waals surface area (Å²) in [7, 11) is 0. The molecule has 0 saturated heterocycles. The number of rotatable bonds is 2. The summed E-state index contributed by atoms with van der Waals surface area (Å²) in [5, 5.41) is 0. The van der Waals surface area contributed by atoms with Gasteiger partial charge in [0.15, 0.2) is 7.14 Å². The Labute approximate surface area is 99.6 Å². The third-order valence-electron chi connectivity index (χ3n) is 1.96. The van der Waals surface area contributed by atoms with E-state index < -0.39 is 0 Å². The Hall–Kier alpha value is -1.23. The van der Waals surface area contributed by atoms with E-state index in [0.29, 0.717) is 0 Å². The molecule has 0 unspecified atom stereocenters. The van der Waals surface area contributed by atoms with E-state index in [1.807, 2.05) is 24.3 Å². The van der Waals surface area contributed by atoms with E-state index in [2.05, 4.69) is 24.3 Å². The molecule has 0 fully saturated rings. The highest BCUT2D eigenvalue weighted by Gasteiger charge is 2.14. The smallest absolute Gasteiger partial charge is 0.357 e. The molecule has 76 valence electrons. The van der Waals surface area contributed by atoms with Gasteiger partial charge >= 0.3 is 21.2 Å². The van der Waals surface area contributed by atoms with Gasteiger partial charge in [-0.2, -0.15) is 0 Å². The van der Waals surface area contributed by atoms with Crippen molar-refractivity contribution in [1.29, 1.82) is 0 Å². The van der Waals surface area contributed by atoms with Crippen LogP contribution in [0.2, 0.25) is 0 Å². The van der Waals surface area contributed by atoms with Crippen LogP contribution in [0.15, 0.2) is 48.5 Å². The summed E-state index contributed by atoms with van der Waals surface area (Å²) in [6.45, 7) is 0. The Bertz CT molecular complexity index is 391. The molecule has 0 atom stereocenters. The predicted octanol–water partition coefficient (Wildman–Crippen LogP) is -1.02. The van der Waals surface area contributed by atoms with Crippen LogP contribution in [-0.2, 0) is 0 Å². The average molecular weight is 311 g/mol. The van der Waals surface area contributed by atoms with E-state index >= 15 is 0 Å². The average Bonchev–Trinajstić information content (AvgIpc) is 2.25.